The quantitative estimate of drug-likeness (QED) is 0.454. The second kappa shape index (κ2) is 6.38. The Kier molecular flexibility index (Phi) is 4.56. The van der Waals surface area contributed by atoms with Crippen LogP contribution >= 0.6 is 0 Å². The molecule has 2 N–H and O–H groups in total. The maximum Gasteiger partial charge on any atom is 0.313 e. The van der Waals surface area contributed by atoms with Crippen molar-refractivity contribution in [2.75, 3.05) is 25.5 Å². The minimum atomic E-state index is -0.740. The smallest absolute Gasteiger partial charge is 0.313 e. The van der Waals surface area contributed by atoms with Crippen LogP contribution in [0.2, 0.25) is 0 Å². The molecule has 1 fully saturated rings. The second-order valence-corrected chi connectivity index (χ2v) is 4.75. The maximum atomic E-state index is 13.7. The van der Waals surface area contributed by atoms with Gasteiger partial charge in [0.1, 0.15) is 0 Å². The van der Waals surface area contributed by atoms with Crippen molar-refractivity contribution in [2.45, 2.75) is 12.8 Å². The highest BCUT2D eigenvalue weighted by Gasteiger charge is 2.29. The number of nitrogens with one attached hydrogen (secondary N) is 2. The minimum Gasteiger partial charge on any atom is -0.490 e. The van der Waals surface area contributed by atoms with E-state index in [9.17, 15) is 19.3 Å². The van der Waals surface area contributed by atoms with Gasteiger partial charge >= 0.3 is 5.69 Å². The van der Waals surface area contributed by atoms with Gasteiger partial charge in [0.05, 0.1) is 23.8 Å². The molecular formula is C13H16FN3O4. The monoisotopic (exact) mass is 297 g/mol. The Balaban J connectivity index is 1.92. The highest BCUT2D eigenvalue weighted by molar-refractivity contribution is 5.80. The lowest BCUT2D eigenvalue weighted by Gasteiger charge is -2.10. The number of nitrogens with zero attached hydrogens (tertiary/aromatic N) is 1. The molecule has 0 atom stereocenters. The Bertz CT molecular complexity index is 561. The molecular weight excluding hydrogens is 281 g/mol. The van der Waals surface area contributed by atoms with E-state index in [0.717, 1.165) is 18.9 Å². The third-order valence-electron chi connectivity index (χ3n) is 3.15. The Morgan fingerprint density at radius 2 is 2.19 bits per heavy atom. The number of methoxy groups -OCH3 is 1. The van der Waals surface area contributed by atoms with Crippen molar-refractivity contribution < 1.29 is 18.8 Å². The van der Waals surface area contributed by atoms with Crippen LogP contribution in [0.4, 0.5) is 15.8 Å². The minimum absolute atomic E-state index is 0.0125. The number of ether oxygens (including phenoxy) is 1. The number of anilines is 1. The summed E-state index contributed by atoms with van der Waals surface area (Å²) in [6, 6.07) is 2.04. The van der Waals surface area contributed by atoms with Crippen LogP contribution in [0, 0.1) is 21.8 Å². The lowest BCUT2D eigenvalue weighted by Crippen LogP contribution is -2.29. The average molecular weight is 297 g/mol. The summed E-state index contributed by atoms with van der Waals surface area (Å²) in [6.07, 6.45) is 1.85. The summed E-state index contributed by atoms with van der Waals surface area (Å²) in [7, 11) is 1.28. The van der Waals surface area contributed by atoms with E-state index in [0.29, 0.717) is 13.1 Å². The fraction of sp³-hybridized carbons (Fsp3) is 0.462. The summed E-state index contributed by atoms with van der Waals surface area (Å²) in [5, 5.41) is 16.2. The first-order valence-electron chi connectivity index (χ1n) is 6.56. The fourth-order valence-corrected chi connectivity index (χ4v) is 1.86. The van der Waals surface area contributed by atoms with Crippen LogP contribution in [0.5, 0.6) is 5.75 Å². The van der Waals surface area contributed by atoms with E-state index in [1.807, 2.05) is 0 Å². The van der Waals surface area contributed by atoms with Gasteiger partial charge in [-0.05, 0) is 12.8 Å². The summed E-state index contributed by atoms with van der Waals surface area (Å²) in [5.74, 6) is -0.623. The molecule has 0 aliphatic heterocycles. The highest BCUT2D eigenvalue weighted by Crippen LogP contribution is 2.32. The second-order valence-electron chi connectivity index (χ2n) is 4.75. The summed E-state index contributed by atoms with van der Waals surface area (Å²) < 4.78 is 18.6. The maximum absolute atomic E-state index is 13.7. The van der Waals surface area contributed by atoms with Gasteiger partial charge in [0.2, 0.25) is 5.91 Å². The Morgan fingerprint density at radius 3 is 2.76 bits per heavy atom. The lowest BCUT2D eigenvalue weighted by atomic mass is 10.2. The Hall–Kier alpha value is -2.38. The zero-order chi connectivity index (χ0) is 15.4. The number of carbonyl (C=O) groups is 1. The zero-order valence-electron chi connectivity index (χ0n) is 11.5. The topological polar surface area (TPSA) is 93.5 Å². The molecule has 0 unspecified atom stereocenters. The lowest BCUT2D eigenvalue weighted by molar-refractivity contribution is -0.385. The number of hydrogen-bond donors (Lipinski definition) is 2. The predicted octanol–water partition coefficient (Wildman–Crippen LogP) is 1.68. The molecule has 7 nitrogen and oxygen atoms in total. The van der Waals surface area contributed by atoms with Crippen molar-refractivity contribution >= 4 is 17.3 Å². The van der Waals surface area contributed by atoms with Crippen LogP contribution in [-0.2, 0) is 4.79 Å². The predicted molar refractivity (Wildman–Crippen MR) is 73.8 cm³/mol. The van der Waals surface area contributed by atoms with E-state index in [-0.39, 0.29) is 23.3 Å². The molecule has 114 valence electrons. The van der Waals surface area contributed by atoms with Crippen molar-refractivity contribution in [3.05, 3.63) is 28.1 Å². The number of amides is 1. The van der Waals surface area contributed by atoms with Crippen LogP contribution in [0.25, 0.3) is 0 Å². The van der Waals surface area contributed by atoms with Gasteiger partial charge in [0.25, 0.3) is 0 Å². The molecule has 2 rings (SSSR count). The van der Waals surface area contributed by atoms with E-state index < -0.39 is 16.4 Å². The van der Waals surface area contributed by atoms with Gasteiger partial charge in [0.15, 0.2) is 11.6 Å². The van der Waals surface area contributed by atoms with Crippen molar-refractivity contribution in [3.63, 3.8) is 0 Å². The van der Waals surface area contributed by atoms with Crippen LogP contribution < -0.4 is 15.4 Å². The molecule has 1 aliphatic carbocycles. The summed E-state index contributed by atoms with van der Waals surface area (Å²) in [6.45, 7) is 0.671. The highest BCUT2D eigenvalue weighted by atomic mass is 19.1. The summed E-state index contributed by atoms with van der Waals surface area (Å²) in [4.78, 5) is 21.4. The normalized spacial score (nSPS) is 13.6. The molecule has 0 bridgehead atoms. The first-order chi connectivity index (χ1) is 10.0. The number of nitro benzene ring substituents is 1. The SMILES string of the molecule is COc1cc(NCCNC(=O)C2CC2)c(F)cc1[N+](=O)[O-]. The molecule has 8 heteroatoms. The Labute approximate surface area is 120 Å². The number of hydrogen-bond acceptors (Lipinski definition) is 5. The number of nitro groups is 1. The van der Waals surface area contributed by atoms with Crippen LogP contribution in [0.3, 0.4) is 0 Å². The molecule has 1 aromatic rings. The van der Waals surface area contributed by atoms with Crippen LogP contribution in [0.1, 0.15) is 12.8 Å². The van der Waals surface area contributed by atoms with E-state index in [1.54, 1.807) is 0 Å². The number of carbonyl (C=O) groups excluding carboxylic acids is 1. The molecule has 1 amide bonds. The third kappa shape index (κ3) is 3.80. The number of rotatable bonds is 7. The van der Waals surface area contributed by atoms with Crippen LogP contribution in [-0.4, -0.2) is 31.0 Å². The summed E-state index contributed by atoms with van der Waals surface area (Å²) in [5.41, 5.74) is -0.333. The van der Waals surface area contributed by atoms with E-state index in [2.05, 4.69) is 10.6 Å². The van der Waals surface area contributed by atoms with Gasteiger partial charge in [-0.15, -0.1) is 0 Å². The molecule has 0 saturated heterocycles. The van der Waals surface area contributed by atoms with Crippen molar-refractivity contribution in [3.8, 4) is 5.75 Å². The molecule has 21 heavy (non-hydrogen) atoms. The molecule has 1 aromatic carbocycles. The molecule has 1 saturated carbocycles. The van der Waals surface area contributed by atoms with Gasteiger partial charge in [0, 0.05) is 25.1 Å². The van der Waals surface area contributed by atoms with Gasteiger partial charge in [-0.3, -0.25) is 14.9 Å². The first kappa shape index (κ1) is 15.0. The molecule has 0 aromatic heterocycles. The van der Waals surface area contributed by atoms with E-state index in [1.165, 1.54) is 13.2 Å². The fourth-order valence-electron chi connectivity index (χ4n) is 1.86. The standard InChI is InChI=1S/C13H16FN3O4/c1-21-12-7-10(9(14)6-11(12)17(19)20)15-4-5-16-13(18)8-2-3-8/h6-8,15H,2-5H2,1H3,(H,16,18). The van der Waals surface area contributed by atoms with Crippen LogP contribution in [0.15, 0.2) is 12.1 Å². The largest absolute Gasteiger partial charge is 0.490 e. The number of benzene rings is 1. The van der Waals surface area contributed by atoms with Crippen molar-refractivity contribution in [1.29, 1.82) is 0 Å². The molecule has 0 radical (unpaired) electrons. The molecule has 1 aliphatic rings. The van der Waals surface area contributed by atoms with Gasteiger partial charge in [-0.2, -0.15) is 0 Å². The van der Waals surface area contributed by atoms with Gasteiger partial charge in [-0.1, -0.05) is 0 Å². The molecule has 0 spiro atoms. The third-order valence-corrected chi connectivity index (χ3v) is 3.15. The average Bonchev–Trinajstić information content (AvgIpc) is 3.28. The van der Waals surface area contributed by atoms with Gasteiger partial charge in [-0.25, -0.2) is 4.39 Å². The van der Waals surface area contributed by atoms with Crippen molar-refractivity contribution in [2.24, 2.45) is 5.92 Å². The van der Waals surface area contributed by atoms with Crippen molar-refractivity contribution in [1.82, 2.24) is 5.32 Å². The molecule has 0 heterocycles. The zero-order valence-corrected chi connectivity index (χ0v) is 11.5. The first-order valence-corrected chi connectivity index (χ1v) is 6.56. The summed E-state index contributed by atoms with van der Waals surface area (Å²) >= 11 is 0. The van der Waals surface area contributed by atoms with E-state index in [4.69, 9.17) is 4.74 Å². The van der Waals surface area contributed by atoms with Gasteiger partial charge < -0.3 is 15.4 Å². The van der Waals surface area contributed by atoms with E-state index >= 15 is 0 Å². The number of halogens is 1. The Morgan fingerprint density at radius 1 is 1.48 bits per heavy atom.